The van der Waals surface area contributed by atoms with Gasteiger partial charge in [-0.1, -0.05) is 0 Å². The van der Waals surface area contributed by atoms with Crippen molar-refractivity contribution < 1.29 is 126 Å². The van der Waals surface area contributed by atoms with Crippen LogP contribution in [0.2, 0.25) is 0 Å². The van der Waals surface area contributed by atoms with Gasteiger partial charge >= 0.3 is 377 Å². The van der Waals surface area contributed by atoms with Crippen LogP contribution in [-0.4, -0.2) is 383 Å². The molecule has 0 rings (SSSR count). The third-order valence-electron chi connectivity index (χ3n) is 0. The van der Waals surface area contributed by atoms with Crippen LogP contribution < -0.4 is 92.8 Å². The molecule has 0 radical (unpaired) electrons. The van der Waals surface area contributed by atoms with Crippen molar-refractivity contribution in [3.8, 4) is 0 Å². The van der Waals surface area contributed by atoms with Gasteiger partial charge in [0.25, 0.3) is 0 Å². The first-order valence-electron chi connectivity index (χ1n) is 4.38. The fraction of sp³-hybridized carbons (Fsp3) is 0. The van der Waals surface area contributed by atoms with Gasteiger partial charge < -0.3 is 126 Å². The number of phosphoric acid groups is 6. The molecule has 0 atom stereocenters. The third-order valence-corrected chi connectivity index (χ3v) is 0. The average molecular weight is 1010 g/mol. The average Bonchev–Trinajstić information content (AvgIpc) is 1.94. The summed E-state index contributed by atoms with van der Waals surface area (Å²) in [6.45, 7) is 0. The first-order chi connectivity index (χ1) is 12.0. The molecule has 0 aromatic rings. The molecule has 42 heavy (non-hydrogen) atoms. The van der Waals surface area contributed by atoms with E-state index in [1.54, 1.807) is 0 Å². The Balaban J connectivity index is -0.00000000973. The van der Waals surface area contributed by atoms with Gasteiger partial charge in [-0.15, -0.1) is 0 Å². The van der Waals surface area contributed by atoms with Gasteiger partial charge in [0.05, 0.1) is 0 Å². The van der Waals surface area contributed by atoms with Crippen molar-refractivity contribution in [2.75, 3.05) is 0 Å². The molecule has 0 saturated heterocycles. The molecule has 208 valence electrons. The van der Waals surface area contributed by atoms with Crippen molar-refractivity contribution in [3.05, 3.63) is 0 Å². The van der Waals surface area contributed by atoms with Gasteiger partial charge in [-0.2, -0.15) is 46.9 Å². The van der Waals surface area contributed by atoms with Crippen LogP contribution >= 0.6 is 46.9 Å². The zero-order chi connectivity index (χ0) is 27.0. The summed E-state index contributed by atoms with van der Waals surface area (Å²) in [5.74, 6) is 0. The van der Waals surface area contributed by atoms with Crippen molar-refractivity contribution in [2.24, 2.45) is 0 Å². The molecule has 0 bridgehead atoms. The van der Waals surface area contributed by atoms with Crippen molar-refractivity contribution in [1.29, 1.82) is 0 Å². The Morgan fingerprint density at radius 1 is 0.214 bits per heavy atom. The molecule has 0 fully saturated rings. The first-order valence-corrected chi connectivity index (χ1v) is 13.1. The van der Waals surface area contributed by atoms with E-state index in [1.807, 2.05) is 0 Å². The van der Waals surface area contributed by atoms with Crippen molar-refractivity contribution >= 4 is 424 Å². The summed E-state index contributed by atoms with van der Waals surface area (Å²) < 4.78 is 51.3. The Morgan fingerprint density at radius 3 is 0.214 bits per heavy atom. The molecule has 0 aliphatic heterocycles. The molecule has 0 aliphatic rings. The van der Waals surface area contributed by atoms with Crippen molar-refractivity contribution in [2.45, 2.75) is 0 Å². The minimum absolute atomic E-state index is 0. The second-order valence-corrected chi connectivity index (χ2v) is 8.05. The second-order valence-electron chi connectivity index (χ2n) is 2.68. The molecule has 1 N–H and O–H groups in total. The van der Waals surface area contributed by atoms with Gasteiger partial charge in [-0.25, -0.2) is 0 Å². The molecule has 0 heterocycles. The van der Waals surface area contributed by atoms with Crippen LogP contribution in [0.1, 0.15) is 0 Å². The molecule has 0 amide bonds. The number of hydrogen-bond donors (Lipinski definition) is 0. The first kappa shape index (κ1) is 117. The molecule has 0 aromatic heterocycles. The van der Waals surface area contributed by atoms with Gasteiger partial charge in [0.15, 0.2) is 0 Å². The molecule has 0 unspecified atom stereocenters. The molecule has 0 saturated carbocycles. The van der Waals surface area contributed by atoms with E-state index in [-0.39, 0.29) is 388 Å². The molecular weight excluding hydrogens is 1010 g/mol. The number of halogens is 1. The topological polar surface area (TPSA) is 548 Å². The zero-order valence-corrected chi connectivity index (χ0v) is 47.8. The summed E-state index contributed by atoms with van der Waals surface area (Å²) in [6, 6.07) is 0. The SMILES string of the molecule is O=P([O-])([O-])[O-].O=P([O-])([O-])[O-].O=P([O-])([O-])[O-].O=P([O-])([O-])[O-].O=P([O-])([O-])[O-].O=P([O-])([O-])[O-].[Ca+2].[Ca+2].[Ca+2].[Ca+2].[Ca+2].[Ca+2].[Ca+2].[Ca+2].[Ca+2].[Ca+2].[F-].[OH-]. The number of rotatable bonds is 0. The quantitative estimate of drug-likeness (QED) is 0.161. The third kappa shape index (κ3) is 836. The predicted molar refractivity (Wildman–Crippen MR) is 105 cm³/mol. The van der Waals surface area contributed by atoms with Crippen LogP contribution in [-0.2, 0) is 27.4 Å². The standard InChI is InChI=1S/10Ca.FH.6H3O4P.H2O/c;;;;;;;;;;;6*1-5(2,3)4;/h;;;;;;;;;;1H;6*(H3,1,2,3,4);1H2/q10*+2;;;;;;;;/p-20. The maximum absolute atomic E-state index is 8.55. The number of hydrogen-bond acceptors (Lipinski definition) is 25. The summed E-state index contributed by atoms with van der Waals surface area (Å²) in [6.07, 6.45) is 0. The van der Waals surface area contributed by atoms with E-state index in [4.69, 9.17) is 115 Å². The molecule has 0 aliphatic carbocycles. The minimum atomic E-state index is -5.39. The van der Waals surface area contributed by atoms with E-state index in [2.05, 4.69) is 0 Å². The largest absolute Gasteiger partial charge is 2.00 e. The molecule has 0 aromatic carbocycles. The van der Waals surface area contributed by atoms with E-state index in [0.717, 1.165) is 0 Å². The van der Waals surface area contributed by atoms with Crippen LogP contribution in [0.25, 0.3) is 0 Å². The molecule has 25 nitrogen and oxygen atoms in total. The van der Waals surface area contributed by atoms with E-state index < -0.39 is 46.9 Å². The Morgan fingerprint density at radius 2 is 0.214 bits per heavy atom. The Labute approximate surface area is 534 Å². The summed E-state index contributed by atoms with van der Waals surface area (Å²) in [5, 5.41) is 0. The van der Waals surface area contributed by atoms with Gasteiger partial charge in [-0.3, -0.25) is 0 Å². The van der Waals surface area contributed by atoms with Gasteiger partial charge in [0.1, 0.15) is 0 Å². The van der Waals surface area contributed by atoms with Crippen molar-refractivity contribution in [3.63, 3.8) is 0 Å². The fourth-order valence-electron chi connectivity index (χ4n) is 0. The van der Waals surface area contributed by atoms with Crippen LogP contribution in [0.5, 0.6) is 0 Å². The second kappa shape index (κ2) is 63.3. The molecular formula is HCa10FO25P6. The van der Waals surface area contributed by atoms with Crippen LogP contribution in [0.4, 0.5) is 0 Å². The molecule has 0 spiro atoms. The van der Waals surface area contributed by atoms with E-state index in [9.17, 15) is 0 Å². The monoisotopic (exact) mass is 1010 g/mol. The maximum atomic E-state index is 8.55. The molecule has 42 heteroatoms. The Hall–Kier alpha value is 13.1. The minimum Gasteiger partial charge on any atom is -1.00 e. The van der Waals surface area contributed by atoms with Crippen LogP contribution in [0.3, 0.4) is 0 Å². The fourth-order valence-corrected chi connectivity index (χ4v) is 0. The normalized spacial score (nSPS) is 8.43. The van der Waals surface area contributed by atoms with Gasteiger partial charge in [0.2, 0.25) is 0 Å². The summed E-state index contributed by atoms with van der Waals surface area (Å²) in [4.78, 5) is 154. The van der Waals surface area contributed by atoms with Crippen LogP contribution in [0, 0.1) is 0 Å². The Bertz CT molecular complexity index is 494. The van der Waals surface area contributed by atoms with Crippen LogP contribution in [0.15, 0.2) is 0 Å². The zero-order valence-electron chi connectivity index (χ0n) is 20.4. The van der Waals surface area contributed by atoms with Gasteiger partial charge in [-0.05, 0) is 0 Å². The van der Waals surface area contributed by atoms with Crippen molar-refractivity contribution in [1.82, 2.24) is 0 Å². The Kier molecular flexibility index (Phi) is 177. The predicted octanol–water partition coefficient (Wildman–Crippen LogP) is -23.9. The summed E-state index contributed by atoms with van der Waals surface area (Å²) in [7, 11) is -32.3. The summed E-state index contributed by atoms with van der Waals surface area (Å²) in [5.41, 5.74) is 0. The summed E-state index contributed by atoms with van der Waals surface area (Å²) >= 11 is 0. The smallest absolute Gasteiger partial charge is 1.00 e. The van der Waals surface area contributed by atoms with E-state index in [1.165, 1.54) is 0 Å². The van der Waals surface area contributed by atoms with E-state index in [0.29, 0.717) is 0 Å². The van der Waals surface area contributed by atoms with E-state index >= 15 is 0 Å². The maximum Gasteiger partial charge on any atom is 2.00 e. The van der Waals surface area contributed by atoms with Gasteiger partial charge in [0, 0.05) is 0 Å².